The van der Waals surface area contributed by atoms with Crippen molar-refractivity contribution < 1.29 is 13.9 Å². The number of ether oxygens (including phenoxy) is 1. The zero-order chi connectivity index (χ0) is 8.65. The zero-order valence-electron chi connectivity index (χ0n) is 7.06. The van der Waals surface area contributed by atoms with Crippen molar-refractivity contribution in [3.8, 4) is 0 Å². The van der Waals surface area contributed by atoms with Crippen LogP contribution >= 0.6 is 0 Å². The summed E-state index contributed by atoms with van der Waals surface area (Å²) in [6.45, 7) is 4.88. The van der Waals surface area contributed by atoms with Crippen LogP contribution in [0.5, 0.6) is 0 Å². The first-order chi connectivity index (χ1) is 5.00. The molecule has 0 spiro atoms. The second-order valence-corrected chi connectivity index (χ2v) is 3.22. The van der Waals surface area contributed by atoms with Crippen molar-refractivity contribution in [2.45, 2.75) is 39.0 Å². The van der Waals surface area contributed by atoms with Crippen LogP contribution in [0.1, 0.15) is 27.2 Å². The Balaban J connectivity index is 2.80. The molecule has 0 radical (unpaired) electrons. The predicted molar refractivity (Wildman–Crippen MR) is 38.8 cm³/mol. The number of alkyl halides is 1. The summed E-state index contributed by atoms with van der Waals surface area (Å²) >= 11 is 0. The Morgan fingerprint density at radius 2 is 2.27 bits per heavy atom. The van der Waals surface area contributed by atoms with Crippen LogP contribution in [0.3, 0.4) is 0 Å². The smallest absolute Gasteiger partial charge is 0.344 e. The van der Waals surface area contributed by atoms with E-state index < -0.39 is 11.6 Å². The molecule has 1 heterocycles. The molecule has 11 heavy (non-hydrogen) atoms. The number of rotatable bonds is 1. The summed E-state index contributed by atoms with van der Waals surface area (Å²) in [7, 11) is 0. The Kier molecular flexibility index (Phi) is 1.90. The van der Waals surface area contributed by atoms with Gasteiger partial charge < -0.3 is 4.74 Å². The fourth-order valence-corrected chi connectivity index (χ4v) is 1.33. The Bertz CT molecular complexity index is 177. The summed E-state index contributed by atoms with van der Waals surface area (Å²) in [5.41, 5.74) is -1.78. The van der Waals surface area contributed by atoms with Crippen molar-refractivity contribution in [3.63, 3.8) is 0 Å². The second kappa shape index (κ2) is 2.47. The number of hydrogen-bond acceptors (Lipinski definition) is 2. The maximum Gasteiger partial charge on any atom is 0.344 e. The number of carbonyl (C=O) groups excluding carboxylic acids is 1. The fourth-order valence-electron chi connectivity index (χ4n) is 1.33. The highest BCUT2D eigenvalue weighted by molar-refractivity contribution is 5.81. The first-order valence-electron chi connectivity index (χ1n) is 3.90. The van der Waals surface area contributed by atoms with Crippen LogP contribution in [0, 0.1) is 5.92 Å². The minimum Gasteiger partial charge on any atom is -0.460 e. The summed E-state index contributed by atoms with van der Waals surface area (Å²) < 4.78 is 18.2. The Hall–Kier alpha value is -0.600. The monoisotopic (exact) mass is 160 g/mol. The summed E-state index contributed by atoms with van der Waals surface area (Å²) in [4.78, 5) is 10.9. The van der Waals surface area contributed by atoms with Crippen LogP contribution in [-0.2, 0) is 9.53 Å². The minimum absolute atomic E-state index is 0.238. The summed E-state index contributed by atoms with van der Waals surface area (Å²) in [5, 5.41) is 0. The fraction of sp³-hybridized carbons (Fsp3) is 0.875. The first-order valence-corrected chi connectivity index (χ1v) is 3.90. The number of cyclic esters (lactones) is 1. The van der Waals surface area contributed by atoms with Gasteiger partial charge in [-0.2, -0.15) is 0 Å². The molecule has 2 nitrogen and oxygen atoms in total. The summed E-state index contributed by atoms with van der Waals surface area (Å²) in [6, 6.07) is 0. The third-order valence-corrected chi connectivity index (χ3v) is 2.47. The van der Waals surface area contributed by atoms with Crippen molar-refractivity contribution in [2.75, 3.05) is 0 Å². The van der Waals surface area contributed by atoms with Gasteiger partial charge in [-0.15, -0.1) is 0 Å². The third kappa shape index (κ3) is 1.12. The number of esters is 1. The lowest BCUT2D eigenvalue weighted by molar-refractivity contribution is -0.149. The van der Waals surface area contributed by atoms with Crippen LogP contribution in [-0.4, -0.2) is 17.7 Å². The summed E-state index contributed by atoms with van der Waals surface area (Å²) in [5.74, 6) is -1.03. The highest BCUT2D eigenvalue weighted by Crippen LogP contribution is 2.36. The van der Waals surface area contributed by atoms with Crippen LogP contribution in [0.4, 0.5) is 4.39 Å². The van der Waals surface area contributed by atoms with Gasteiger partial charge in [0, 0.05) is 5.92 Å². The van der Waals surface area contributed by atoms with Crippen molar-refractivity contribution in [1.82, 2.24) is 0 Å². The average Bonchev–Trinajstić information content (AvgIpc) is 2.14. The molecule has 1 fully saturated rings. The van der Waals surface area contributed by atoms with Gasteiger partial charge in [0.1, 0.15) is 6.10 Å². The molecule has 64 valence electrons. The van der Waals surface area contributed by atoms with Gasteiger partial charge in [-0.25, -0.2) is 9.18 Å². The van der Waals surface area contributed by atoms with E-state index in [0.29, 0.717) is 6.42 Å². The molecule has 3 atom stereocenters. The highest BCUT2D eigenvalue weighted by Gasteiger charge is 2.51. The van der Waals surface area contributed by atoms with Crippen molar-refractivity contribution in [3.05, 3.63) is 0 Å². The average molecular weight is 160 g/mol. The van der Waals surface area contributed by atoms with E-state index in [9.17, 15) is 9.18 Å². The van der Waals surface area contributed by atoms with Gasteiger partial charge in [-0.3, -0.25) is 0 Å². The molecule has 1 saturated heterocycles. The van der Waals surface area contributed by atoms with Gasteiger partial charge in [-0.1, -0.05) is 13.8 Å². The molecule has 1 aliphatic heterocycles. The number of halogens is 1. The van der Waals surface area contributed by atoms with Gasteiger partial charge in [0.2, 0.25) is 5.67 Å². The predicted octanol–water partition coefficient (Wildman–Crippen LogP) is 1.69. The van der Waals surface area contributed by atoms with E-state index in [1.165, 1.54) is 6.92 Å². The Morgan fingerprint density at radius 1 is 1.73 bits per heavy atom. The molecule has 0 aliphatic carbocycles. The maximum absolute atomic E-state index is 13.4. The van der Waals surface area contributed by atoms with Crippen LogP contribution in [0.15, 0.2) is 0 Å². The van der Waals surface area contributed by atoms with Gasteiger partial charge in [-0.05, 0) is 13.3 Å². The summed E-state index contributed by atoms with van der Waals surface area (Å²) in [6.07, 6.45) is 0.448. The molecular formula is C8H13FO2. The normalized spacial score (nSPS) is 44.2. The van der Waals surface area contributed by atoms with E-state index in [-0.39, 0.29) is 12.0 Å². The highest BCUT2D eigenvalue weighted by atomic mass is 19.1. The second-order valence-electron chi connectivity index (χ2n) is 3.22. The molecule has 0 N–H and O–H groups in total. The molecular weight excluding hydrogens is 147 g/mol. The largest absolute Gasteiger partial charge is 0.460 e. The van der Waals surface area contributed by atoms with E-state index in [0.717, 1.165) is 0 Å². The maximum atomic E-state index is 13.4. The third-order valence-electron chi connectivity index (χ3n) is 2.47. The van der Waals surface area contributed by atoms with E-state index >= 15 is 0 Å². The van der Waals surface area contributed by atoms with E-state index in [2.05, 4.69) is 0 Å². The van der Waals surface area contributed by atoms with Gasteiger partial charge in [0.25, 0.3) is 0 Å². The van der Waals surface area contributed by atoms with Crippen LogP contribution in [0.25, 0.3) is 0 Å². The molecule has 0 saturated carbocycles. The molecule has 0 bridgehead atoms. The van der Waals surface area contributed by atoms with Crippen molar-refractivity contribution in [2.24, 2.45) is 5.92 Å². The number of carbonyl (C=O) groups is 1. The molecule has 1 aliphatic rings. The minimum atomic E-state index is -1.78. The van der Waals surface area contributed by atoms with Crippen molar-refractivity contribution >= 4 is 5.97 Å². The van der Waals surface area contributed by atoms with Crippen LogP contribution < -0.4 is 0 Å². The topological polar surface area (TPSA) is 26.3 Å². The Morgan fingerprint density at radius 3 is 2.45 bits per heavy atom. The van der Waals surface area contributed by atoms with Gasteiger partial charge >= 0.3 is 5.97 Å². The zero-order valence-corrected chi connectivity index (χ0v) is 7.06. The molecule has 0 amide bonds. The standard InChI is InChI=1S/C8H13FO2/c1-4-6-5(2)8(3,9)7(10)11-6/h5-6H,4H2,1-3H3/t5-,6+,8?/m0/s1. The lowest BCUT2D eigenvalue weighted by Gasteiger charge is -2.15. The quantitative estimate of drug-likeness (QED) is 0.545. The Labute approximate surface area is 65.7 Å². The molecule has 0 aromatic carbocycles. The molecule has 0 aromatic rings. The lowest BCUT2D eigenvalue weighted by Crippen LogP contribution is -2.31. The molecule has 3 heteroatoms. The number of hydrogen-bond donors (Lipinski definition) is 0. The SMILES string of the molecule is CC[C@H]1OC(=O)C(C)(F)[C@H]1C. The molecule has 1 rings (SSSR count). The van der Waals surface area contributed by atoms with E-state index in [1.54, 1.807) is 6.92 Å². The van der Waals surface area contributed by atoms with Crippen molar-refractivity contribution in [1.29, 1.82) is 0 Å². The van der Waals surface area contributed by atoms with Crippen LogP contribution in [0.2, 0.25) is 0 Å². The van der Waals surface area contributed by atoms with Gasteiger partial charge in [0.15, 0.2) is 0 Å². The van der Waals surface area contributed by atoms with E-state index in [1.807, 2.05) is 6.92 Å². The molecule has 0 aromatic heterocycles. The first kappa shape index (κ1) is 8.50. The lowest BCUT2D eigenvalue weighted by atomic mass is 9.90. The van der Waals surface area contributed by atoms with Gasteiger partial charge in [0.05, 0.1) is 0 Å². The molecule has 1 unspecified atom stereocenters. The van der Waals surface area contributed by atoms with E-state index in [4.69, 9.17) is 4.74 Å².